The van der Waals surface area contributed by atoms with Crippen LogP contribution in [0.5, 0.6) is 11.5 Å². The molecule has 0 fully saturated rings. The van der Waals surface area contributed by atoms with Gasteiger partial charge in [-0.1, -0.05) is 11.6 Å². The second kappa shape index (κ2) is 8.30. The van der Waals surface area contributed by atoms with Crippen molar-refractivity contribution in [1.29, 1.82) is 0 Å². The van der Waals surface area contributed by atoms with Crippen molar-refractivity contribution in [3.63, 3.8) is 0 Å². The molecule has 0 bridgehead atoms. The number of rotatable bonds is 6. The summed E-state index contributed by atoms with van der Waals surface area (Å²) in [5.41, 5.74) is 3.64. The molecule has 26 heavy (non-hydrogen) atoms. The van der Waals surface area contributed by atoms with Crippen LogP contribution in [0.1, 0.15) is 21.5 Å². The molecule has 0 saturated heterocycles. The number of nitrogens with one attached hydrogen (secondary N) is 1. The van der Waals surface area contributed by atoms with Crippen LogP contribution in [-0.2, 0) is 0 Å². The number of hydrogen-bond donors (Lipinski definition) is 1. The number of amides is 1. The van der Waals surface area contributed by atoms with E-state index in [1.54, 1.807) is 19.2 Å². The van der Waals surface area contributed by atoms with E-state index < -0.39 is 10.8 Å². The lowest BCUT2D eigenvalue weighted by Gasteiger charge is -2.12. The topological polar surface area (TPSA) is 103 Å². The molecule has 0 heterocycles. The Balaban J connectivity index is 2.17. The summed E-state index contributed by atoms with van der Waals surface area (Å²) < 4.78 is 10.6. The van der Waals surface area contributed by atoms with Crippen LogP contribution >= 0.6 is 11.6 Å². The Morgan fingerprint density at radius 2 is 2.00 bits per heavy atom. The van der Waals surface area contributed by atoms with E-state index >= 15 is 0 Å². The van der Waals surface area contributed by atoms with Gasteiger partial charge in [0.1, 0.15) is 11.5 Å². The minimum Gasteiger partial charge on any atom is -0.496 e. The minimum absolute atomic E-state index is 0.0372. The van der Waals surface area contributed by atoms with Crippen molar-refractivity contribution in [2.75, 3.05) is 14.2 Å². The number of ether oxygens (including phenoxy) is 2. The van der Waals surface area contributed by atoms with Gasteiger partial charge in [-0.15, -0.1) is 0 Å². The maximum Gasteiger partial charge on any atom is 0.272 e. The molecule has 9 heteroatoms. The Bertz CT molecular complexity index is 883. The Labute approximate surface area is 154 Å². The average Bonchev–Trinajstić information content (AvgIpc) is 2.61. The molecule has 0 radical (unpaired) electrons. The van der Waals surface area contributed by atoms with Crippen molar-refractivity contribution in [1.82, 2.24) is 5.43 Å². The molecule has 2 rings (SSSR count). The molecule has 8 nitrogen and oxygen atoms in total. The molecular formula is C17H16ClN3O5. The zero-order valence-corrected chi connectivity index (χ0v) is 15.0. The van der Waals surface area contributed by atoms with Crippen molar-refractivity contribution in [3.05, 3.63) is 62.2 Å². The Morgan fingerprint density at radius 1 is 1.27 bits per heavy atom. The summed E-state index contributed by atoms with van der Waals surface area (Å²) in [4.78, 5) is 22.2. The number of carbonyl (C=O) groups excluding carboxylic acids is 1. The highest BCUT2D eigenvalue weighted by molar-refractivity contribution is 6.34. The van der Waals surface area contributed by atoms with Gasteiger partial charge in [-0.2, -0.15) is 5.10 Å². The van der Waals surface area contributed by atoms with Gasteiger partial charge in [0.25, 0.3) is 11.6 Å². The van der Waals surface area contributed by atoms with Crippen LogP contribution in [0, 0.1) is 17.0 Å². The lowest BCUT2D eigenvalue weighted by Crippen LogP contribution is -2.18. The van der Waals surface area contributed by atoms with Gasteiger partial charge in [0.05, 0.1) is 35.9 Å². The summed E-state index contributed by atoms with van der Waals surface area (Å²) in [6.45, 7) is 1.84. The van der Waals surface area contributed by atoms with Crippen molar-refractivity contribution in [2.24, 2.45) is 5.10 Å². The quantitative estimate of drug-likeness (QED) is 0.472. The molecule has 2 aromatic rings. The van der Waals surface area contributed by atoms with E-state index in [1.165, 1.54) is 25.5 Å². The third-order valence-corrected chi connectivity index (χ3v) is 3.90. The van der Waals surface area contributed by atoms with Crippen LogP contribution in [0.4, 0.5) is 5.69 Å². The number of hydrazone groups is 1. The first-order chi connectivity index (χ1) is 12.4. The maximum absolute atomic E-state index is 12.1. The first-order valence-electron chi connectivity index (χ1n) is 7.38. The lowest BCUT2D eigenvalue weighted by atomic mass is 10.1. The van der Waals surface area contributed by atoms with Gasteiger partial charge in [0.2, 0.25) is 0 Å². The highest BCUT2D eigenvalue weighted by Crippen LogP contribution is 2.30. The van der Waals surface area contributed by atoms with E-state index in [4.69, 9.17) is 21.1 Å². The van der Waals surface area contributed by atoms with Crippen LogP contribution in [0.3, 0.4) is 0 Å². The van der Waals surface area contributed by atoms with Gasteiger partial charge in [-0.25, -0.2) is 5.43 Å². The largest absolute Gasteiger partial charge is 0.496 e. The van der Waals surface area contributed by atoms with Crippen LogP contribution < -0.4 is 14.9 Å². The zero-order valence-electron chi connectivity index (χ0n) is 14.3. The van der Waals surface area contributed by atoms with E-state index in [0.29, 0.717) is 17.1 Å². The van der Waals surface area contributed by atoms with Gasteiger partial charge >= 0.3 is 0 Å². The third-order valence-electron chi connectivity index (χ3n) is 3.59. The summed E-state index contributed by atoms with van der Waals surface area (Å²) in [6, 6.07) is 7.06. The predicted octanol–water partition coefficient (Wildman–Crippen LogP) is 3.34. The summed E-state index contributed by atoms with van der Waals surface area (Å²) in [5.74, 6) is 0.641. The van der Waals surface area contributed by atoms with E-state index in [0.717, 1.165) is 11.6 Å². The van der Waals surface area contributed by atoms with E-state index in [9.17, 15) is 14.9 Å². The SMILES string of the molecule is COc1ccc(/C=N/NC(=O)c2ccc([N+](=O)[O-])cc2Cl)c(OC)c1C. The van der Waals surface area contributed by atoms with Gasteiger partial charge in [-0.05, 0) is 25.1 Å². The molecule has 2 aromatic carbocycles. The number of carbonyl (C=O) groups is 1. The van der Waals surface area contributed by atoms with Crippen LogP contribution in [-0.4, -0.2) is 31.3 Å². The van der Waals surface area contributed by atoms with Crippen LogP contribution in [0.25, 0.3) is 0 Å². The highest BCUT2D eigenvalue weighted by atomic mass is 35.5. The minimum atomic E-state index is -0.593. The number of non-ortho nitro benzene ring substituents is 1. The van der Waals surface area contributed by atoms with E-state index in [1.807, 2.05) is 6.92 Å². The van der Waals surface area contributed by atoms with Crippen molar-refractivity contribution in [3.8, 4) is 11.5 Å². The molecule has 0 spiro atoms. The van der Waals surface area contributed by atoms with Gasteiger partial charge in [0.15, 0.2) is 0 Å². The number of methoxy groups -OCH3 is 2. The summed E-state index contributed by atoms with van der Waals surface area (Å²) >= 11 is 5.92. The van der Waals surface area contributed by atoms with Gasteiger partial charge in [-0.3, -0.25) is 14.9 Å². The monoisotopic (exact) mass is 377 g/mol. The number of nitro groups is 1. The van der Waals surface area contributed by atoms with Crippen molar-refractivity contribution >= 4 is 29.4 Å². The molecule has 0 unspecified atom stereocenters. The maximum atomic E-state index is 12.1. The second-order valence-corrected chi connectivity index (χ2v) is 5.54. The fourth-order valence-electron chi connectivity index (χ4n) is 2.31. The number of nitrogens with zero attached hydrogens (tertiary/aromatic N) is 2. The molecular weight excluding hydrogens is 362 g/mol. The standard InChI is InChI=1S/C17H16ClN3O5/c1-10-15(25-2)7-4-11(16(10)26-3)9-19-20-17(22)13-6-5-12(21(23)24)8-14(13)18/h4-9H,1-3H3,(H,20,22)/b19-9+. The fraction of sp³-hybridized carbons (Fsp3) is 0.176. The zero-order chi connectivity index (χ0) is 19.3. The molecule has 1 N–H and O–H groups in total. The van der Waals surface area contributed by atoms with Crippen LogP contribution in [0.2, 0.25) is 5.02 Å². The Kier molecular flexibility index (Phi) is 6.13. The predicted molar refractivity (Wildman–Crippen MR) is 97.4 cm³/mol. The molecule has 0 atom stereocenters. The fourth-order valence-corrected chi connectivity index (χ4v) is 2.57. The number of nitro benzene ring substituents is 1. The number of hydrogen-bond acceptors (Lipinski definition) is 6. The van der Waals surface area contributed by atoms with Gasteiger partial charge in [0, 0.05) is 23.3 Å². The first kappa shape index (κ1) is 19.2. The smallest absolute Gasteiger partial charge is 0.272 e. The summed E-state index contributed by atoms with van der Waals surface area (Å²) in [5, 5.41) is 14.5. The summed E-state index contributed by atoms with van der Waals surface area (Å²) in [6.07, 6.45) is 1.42. The van der Waals surface area contributed by atoms with Crippen LogP contribution in [0.15, 0.2) is 35.4 Å². The normalized spacial score (nSPS) is 10.6. The molecule has 0 aliphatic carbocycles. The van der Waals surface area contributed by atoms with Gasteiger partial charge < -0.3 is 9.47 Å². The number of benzene rings is 2. The molecule has 0 aromatic heterocycles. The summed E-state index contributed by atoms with van der Waals surface area (Å²) in [7, 11) is 3.08. The molecule has 0 aliphatic heterocycles. The lowest BCUT2D eigenvalue weighted by molar-refractivity contribution is -0.384. The average molecular weight is 378 g/mol. The Morgan fingerprint density at radius 3 is 2.58 bits per heavy atom. The van der Waals surface area contributed by atoms with Crippen molar-refractivity contribution in [2.45, 2.75) is 6.92 Å². The third kappa shape index (κ3) is 4.09. The Hall–Kier alpha value is -3.13. The van der Waals surface area contributed by atoms with E-state index in [2.05, 4.69) is 10.5 Å². The molecule has 0 saturated carbocycles. The highest BCUT2D eigenvalue weighted by Gasteiger charge is 2.15. The second-order valence-electron chi connectivity index (χ2n) is 5.14. The number of halogens is 1. The van der Waals surface area contributed by atoms with Crippen molar-refractivity contribution < 1.29 is 19.2 Å². The first-order valence-corrected chi connectivity index (χ1v) is 7.75. The molecule has 0 aliphatic rings. The van der Waals surface area contributed by atoms with E-state index in [-0.39, 0.29) is 16.3 Å². The molecule has 136 valence electrons. The molecule has 1 amide bonds.